The van der Waals surface area contributed by atoms with E-state index in [0.29, 0.717) is 37.4 Å². The molecule has 0 radical (unpaired) electrons. The Morgan fingerprint density at radius 3 is 2.91 bits per heavy atom. The van der Waals surface area contributed by atoms with E-state index in [1.807, 2.05) is 4.90 Å². The van der Waals surface area contributed by atoms with Gasteiger partial charge < -0.3 is 14.1 Å². The fourth-order valence-electron chi connectivity index (χ4n) is 3.11. The van der Waals surface area contributed by atoms with Crippen LogP contribution in [0, 0.1) is 19.8 Å². The maximum atomic E-state index is 12.7. The number of ether oxygens (including phenoxy) is 1. The number of hydrogen-bond acceptors (Lipinski definition) is 6. The highest BCUT2D eigenvalue weighted by atomic mass is 32.1. The van der Waals surface area contributed by atoms with Gasteiger partial charge in [-0.05, 0) is 25.5 Å². The minimum Gasteiger partial charge on any atom is -0.423 e. The van der Waals surface area contributed by atoms with Crippen LogP contribution in [0.4, 0.5) is 0 Å². The van der Waals surface area contributed by atoms with E-state index in [1.54, 1.807) is 18.3 Å². The van der Waals surface area contributed by atoms with Crippen LogP contribution in [0.5, 0.6) is 0 Å². The Morgan fingerprint density at radius 1 is 1.35 bits per heavy atom. The molecule has 1 amide bonds. The van der Waals surface area contributed by atoms with E-state index >= 15 is 0 Å². The smallest absolute Gasteiger partial charge is 0.246 e. The highest BCUT2D eigenvalue weighted by Crippen LogP contribution is 2.50. The van der Waals surface area contributed by atoms with Crippen molar-refractivity contribution in [3.05, 3.63) is 33.7 Å². The minimum atomic E-state index is -0.310. The van der Waals surface area contributed by atoms with Crippen molar-refractivity contribution in [3.63, 3.8) is 0 Å². The Morgan fingerprint density at radius 2 is 2.22 bits per heavy atom. The molecule has 0 spiro atoms. The zero-order chi connectivity index (χ0) is 16.0. The minimum absolute atomic E-state index is 0.122. The average Bonchev–Trinajstić information content (AvgIpc) is 3.04. The predicted molar refractivity (Wildman–Crippen MR) is 84.2 cm³/mol. The number of hydrogen-bond donors (Lipinski definition) is 0. The fraction of sp³-hybridized carbons (Fsp3) is 0.562. The number of nitrogens with zero attached hydrogens (tertiary/aromatic N) is 3. The number of amides is 1. The molecule has 4 rings (SSSR count). The molecule has 3 atom stereocenters. The van der Waals surface area contributed by atoms with Gasteiger partial charge in [0.15, 0.2) is 6.10 Å². The molecule has 1 saturated carbocycles. The van der Waals surface area contributed by atoms with Gasteiger partial charge >= 0.3 is 0 Å². The molecular weight excluding hydrogens is 314 g/mol. The monoisotopic (exact) mass is 333 g/mol. The first-order valence-electron chi connectivity index (χ1n) is 7.88. The SMILES string of the molecule is Cc1nnc(C2CN(C(=O)C3CC3c3ccc(C)s3)CCO2)o1. The Bertz CT molecular complexity index is 726. The molecule has 2 aromatic rings. The van der Waals surface area contributed by atoms with Gasteiger partial charge in [-0.25, -0.2) is 0 Å². The first-order chi connectivity index (χ1) is 11.1. The molecule has 2 aliphatic rings. The predicted octanol–water partition coefficient (Wildman–Crippen LogP) is 2.45. The molecule has 3 unspecified atom stereocenters. The quantitative estimate of drug-likeness (QED) is 0.863. The molecule has 1 saturated heterocycles. The molecule has 0 aromatic carbocycles. The van der Waals surface area contributed by atoms with Gasteiger partial charge in [0.25, 0.3) is 0 Å². The van der Waals surface area contributed by atoms with Crippen LogP contribution in [0.2, 0.25) is 0 Å². The van der Waals surface area contributed by atoms with Crippen molar-refractivity contribution in [1.29, 1.82) is 0 Å². The molecule has 6 nitrogen and oxygen atoms in total. The van der Waals surface area contributed by atoms with Crippen LogP contribution < -0.4 is 0 Å². The molecule has 122 valence electrons. The average molecular weight is 333 g/mol. The summed E-state index contributed by atoms with van der Waals surface area (Å²) in [5, 5.41) is 7.85. The highest BCUT2D eigenvalue weighted by Gasteiger charge is 2.47. The van der Waals surface area contributed by atoms with E-state index < -0.39 is 0 Å². The van der Waals surface area contributed by atoms with Crippen molar-refractivity contribution in [2.75, 3.05) is 19.7 Å². The number of morpholine rings is 1. The standard InChI is InChI=1S/C16H19N3O3S/c1-9-3-4-14(23-9)11-7-12(11)16(20)19-5-6-21-13(8-19)15-18-17-10(2)22-15/h3-4,11-13H,5-8H2,1-2H3. The van der Waals surface area contributed by atoms with Gasteiger partial charge in [0.1, 0.15) is 0 Å². The summed E-state index contributed by atoms with van der Waals surface area (Å²) in [5.74, 6) is 1.72. The normalized spacial score (nSPS) is 27.2. The number of carbonyl (C=O) groups is 1. The molecule has 2 aromatic heterocycles. The van der Waals surface area contributed by atoms with Crippen LogP contribution in [0.25, 0.3) is 0 Å². The summed E-state index contributed by atoms with van der Waals surface area (Å²) in [6, 6.07) is 4.28. The zero-order valence-electron chi connectivity index (χ0n) is 13.2. The van der Waals surface area contributed by atoms with Gasteiger partial charge in [-0.15, -0.1) is 21.5 Å². The molecule has 3 heterocycles. The van der Waals surface area contributed by atoms with Crippen molar-refractivity contribution < 1.29 is 13.9 Å². The second kappa shape index (κ2) is 5.72. The molecule has 1 aliphatic carbocycles. The lowest BCUT2D eigenvalue weighted by Gasteiger charge is -2.31. The number of aromatic nitrogens is 2. The van der Waals surface area contributed by atoms with Crippen LogP contribution in [-0.4, -0.2) is 40.7 Å². The van der Waals surface area contributed by atoms with Crippen LogP contribution in [0.15, 0.2) is 16.5 Å². The summed E-state index contributed by atoms with van der Waals surface area (Å²) >= 11 is 1.80. The fourth-order valence-corrected chi connectivity index (χ4v) is 4.17. The molecule has 7 heteroatoms. The number of aryl methyl sites for hydroxylation is 2. The van der Waals surface area contributed by atoms with E-state index in [9.17, 15) is 4.79 Å². The van der Waals surface area contributed by atoms with Crippen molar-refractivity contribution in [3.8, 4) is 0 Å². The third-order valence-electron chi connectivity index (χ3n) is 4.43. The third-order valence-corrected chi connectivity index (χ3v) is 5.56. The van der Waals surface area contributed by atoms with Crippen LogP contribution in [0.3, 0.4) is 0 Å². The van der Waals surface area contributed by atoms with Crippen molar-refractivity contribution >= 4 is 17.2 Å². The molecular formula is C16H19N3O3S. The van der Waals surface area contributed by atoms with Gasteiger partial charge in [0.05, 0.1) is 13.2 Å². The second-order valence-corrected chi connectivity index (χ2v) is 7.52. The lowest BCUT2D eigenvalue weighted by Crippen LogP contribution is -2.43. The highest BCUT2D eigenvalue weighted by molar-refractivity contribution is 7.12. The largest absolute Gasteiger partial charge is 0.423 e. The first kappa shape index (κ1) is 14.8. The molecule has 23 heavy (non-hydrogen) atoms. The van der Waals surface area contributed by atoms with Crippen LogP contribution in [0.1, 0.15) is 40.0 Å². The number of carbonyl (C=O) groups excluding carboxylic acids is 1. The number of rotatable bonds is 3. The second-order valence-electron chi connectivity index (χ2n) is 6.20. The molecule has 0 N–H and O–H groups in total. The summed E-state index contributed by atoms with van der Waals surface area (Å²) in [7, 11) is 0. The molecule has 0 bridgehead atoms. The van der Waals surface area contributed by atoms with Gasteiger partial charge in [-0.1, -0.05) is 0 Å². The Hall–Kier alpha value is -1.73. The van der Waals surface area contributed by atoms with E-state index in [0.717, 1.165) is 6.42 Å². The zero-order valence-corrected chi connectivity index (χ0v) is 14.0. The Balaban J connectivity index is 1.41. The van der Waals surface area contributed by atoms with E-state index in [1.165, 1.54) is 9.75 Å². The van der Waals surface area contributed by atoms with Crippen LogP contribution in [-0.2, 0) is 9.53 Å². The maximum Gasteiger partial charge on any atom is 0.246 e. The van der Waals surface area contributed by atoms with Gasteiger partial charge in [0, 0.05) is 35.1 Å². The van der Waals surface area contributed by atoms with Gasteiger partial charge in [0.2, 0.25) is 17.7 Å². The van der Waals surface area contributed by atoms with Crippen LogP contribution >= 0.6 is 11.3 Å². The summed E-state index contributed by atoms with van der Waals surface area (Å²) in [4.78, 5) is 17.3. The summed E-state index contributed by atoms with van der Waals surface area (Å²) < 4.78 is 11.1. The van der Waals surface area contributed by atoms with E-state index in [2.05, 4.69) is 29.3 Å². The summed E-state index contributed by atoms with van der Waals surface area (Å²) in [5.41, 5.74) is 0. The topological polar surface area (TPSA) is 68.5 Å². The maximum absolute atomic E-state index is 12.7. The third kappa shape index (κ3) is 2.90. The summed E-state index contributed by atoms with van der Waals surface area (Å²) in [6.45, 7) is 5.49. The first-order valence-corrected chi connectivity index (χ1v) is 8.70. The van der Waals surface area contributed by atoms with Gasteiger partial charge in [-0.2, -0.15) is 0 Å². The van der Waals surface area contributed by atoms with E-state index in [4.69, 9.17) is 9.15 Å². The van der Waals surface area contributed by atoms with Crippen molar-refractivity contribution in [2.24, 2.45) is 5.92 Å². The van der Waals surface area contributed by atoms with Crippen molar-refractivity contribution in [2.45, 2.75) is 32.3 Å². The molecule has 2 fully saturated rings. The van der Waals surface area contributed by atoms with E-state index in [-0.39, 0.29) is 17.9 Å². The molecule has 1 aliphatic heterocycles. The Labute approximate surface area is 138 Å². The van der Waals surface area contributed by atoms with Gasteiger partial charge in [-0.3, -0.25) is 4.79 Å². The number of thiophene rings is 1. The lowest BCUT2D eigenvalue weighted by molar-refractivity contribution is -0.141. The summed E-state index contributed by atoms with van der Waals surface area (Å²) in [6.07, 6.45) is 0.649. The Kier molecular flexibility index (Phi) is 3.69. The lowest BCUT2D eigenvalue weighted by atomic mass is 10.2. The van der Waals surface area contributed by atoms with Crippen molar-refractivity contribution in [1.82, 2.24) is 15.1 Å².